The second kappa shape index (κ2) is 8.98. The third kappa shape index (κ3) is 5.84. The minimum Gasteiger partial charge on any atom is -0.506 e. The lowest BCUT2D eigenvalue weighted by Crippen LogP contribution is -2.32. The van der Waals surface area contributed by atoms with Crippen LogP contribution in [-0.4, -0.2) is 23.2 Å². The van der Waals surface area contributed by atoms with Crippen molar-refractivity contribution in [3.8, 4) is 11.5 Å². The van der Waals surface area contributed by atoms with Gasteiger partial charge in [0, 0.05) is 11.8 Å². The minimum atomic E-state index is -0.356. The van der Waals surface area contributed by atoms with Gasteiger partial charge in [-0.25, -0.2) is 0 Å². The third-order valence-electron chi connectivity index (χ3n) is 3.05. The summed E-state index contributed by atoms with van der Waals surface area (Å²) in [5, 5.41) is 15.3. The fourth-order valence-corrected chi connectivity index (χ4v) is 3.25. The first-order chi connectivity index (χ1) is 11.9. The van der Waals surface area contributed by atoms with Gasteiger partial charge in [-0.2, -0.15) is 0 Å². The Bertz CT molecular complexity index is 800. The van der Waals surface area contributed by atoms with E-state index in [0.717, 1.165) is 11.3 Å². The Kier molecular flexibility index (Phi) is 6.98. The molecule has 0 aromatic heterocycles. The number of benzene rings is 2. The number of carbonyl (C=O) groups is 1. The van der Waals surface area contributed by atoms with Crippen LogP contribution in [-0.2, 0) is 4.79 Å². The molecule has 130 valence electrons. The highest BCUT2D eigenvalue weighted by molar-refractivity contribution is 9.11. The van der Waals surface area contributed by atoms with Gasteiger partial charge in [0.2, 0.25) is 5.91 Å². The van der Waals surface area contributed by atoms with Crippen LogP contribution < -0.4 is 15.4 Å². The van der Waals surface area contributed by atoms with Crippen LogP contribution in [0.25, 0.3) is 6.08 Å². The number of carbonyl (C=O) groups excluding carboxylic acids is 1. The molecule has 0 spiro atoms. The van der Waals surface area contributed by atoms with Crippen molar-refractivity contribution in [2.75, 3.05) is 12.4 Å². The first kappa shape index (κ1) is 19.4. The predicted octanol–water partition coefficient (Wildman–Crippen LogP) is 4.45. The summed E-state index contributed by atoms with van der Waals surface area (Å²) in [6.45, 7) is 0. The van der Waals surface area contributed by atoms with Crippen LogP contribution >= 0.6 is 44.1 Å². The van der Waals surface area contributed by atoms with Gasteiger partial charge in [0.05, 0.1) is 16.1 Å². The van der Waals surface area contributed by atoms with Crippen molar-refractivity contribution >= 4 is 66.9 Å². The predicted molar refractivity (Wildman–Crippen MR) is 110 cm³/mol. The van der Waals surface area contributed by atoms with Gasteiger partial charge in [-0.1, -0.05) is 12.1 Å². The molecule has 0 atom stereocenters. The summed E-state index contributed by atoms with van der Waals surface area (Å²) in [5.74, 6) is 0.478. The summed E-state index contributed by atoms with van der Waals surface area (Å²) in [5.41, 5.74) is 1.47. The summed E-state index contributed by atoms with van der Waals surface area (Å²) in [6.07, 6.45) is 3.06. The molecule has 0 aliphatic heterocycles. The van der Waals surface area contributed by atoms with Gasteiger partial charge in [0.15, 0.2) is 5.11 Å². The molecule has 25 heavy (non-hydrogen) atoms. The van der Waals surface area contributed by atoms with E-state index in [0.29, 0.717) is 14.6 Å². The molecule has 0 heterocycles. The topological polar surface area (TPSA) is 70.6 Å². The van der Waals surface area contributed by atoms with E-state index in [1.165, 1.54) is 6.08 Å². The van der Waals surface area contributed by atoms with Gasteiger partial charge >= 0.3 is 0 Å². The molecule has 0 aliphatic rings. The maximum atomic E-state index is 11.9. The maximum absolute atomic E-state index is 11.9. The fourth-order valence-electron chi connectivity index (χ4n) is 1.84. The number of ether oxygens (including phenoxy) is 1. The van der Waals surface area contributed by atoms with E-state index < -0.39 is 0 Å². The summed E-state index contributed by atoms with van der Waals surface area (Å²) in [7, 11) is 1.59. The molecule has 3 N–H and O–H groups in total. The number of aromatic hydroxyl groups is 1. The summed E-state index contributed by atoms with van der Waals surface area (Å²) < 4.78 is 6.07. The number of hydrogen-bond acceptors (Lipinski definition) is 4. The van der Waals surface area contributed by atoms with Crippen LogP contribution in [0.1, 0.15) is 5.56 Å². The number of halogens is 2. The molecular weight excluding hydrogens is 472 g/mol. The highest BCUT2D eigenvalue weighted by Crippen LogP contribution is 2.35. The number of methoxy groups -OCH3 is 1. The molecule has 2 rings (SSSR count). The van der Waals surface area contributed by atoms with Crippen molar-refractivity contribution in [2.45, 2.75) is 0 Å². The number of anilines is 1. The summed E-state index contributed by atoms with van der Waals surface area (Å²) in [4.78, 5) is 11.9. The van der Waals surface area contributed by atoms with Gasteiger partial charge in [0.1, 0.15) is 11.5 Å². The fraction of sp³-hybridized carbons (Fsp3) is 0.0588. The standard InChI is InChI=1S/C17H14Br2N2O3S/c1-24-12-5-2-10(3-6-12)4-7-15(22)21-17(25)20-11-8-13(18)16(23)14(19)9-11/h2-9,23H,1H3,(H2,20,21,22,25)/b7-4+. The molecule has 0 saturated heterocycles. The SMILES string of the molecule is COc1ccc(/C=C/C(=O)NC(=S)Nc2cc(Br)c(O)c(Br)c2)cc1. The Morgan fingerprint density at radius 3 is 2.36 bits per heavy atom. The molecule has 0 fully saturated rings. The molecule has 1 amide bonds. The number of phenolic OH excluding ortho intramolecular Hbond substituents is 1. The zero-order valence-corrected chi connectivity index (χ0v) is 17.0. The van der Waals surface area contributed by atoms with Gasteiger partial charge in [0.25, 0.3) is 0 Å². The molecule has 0 bridgehead atoms. The number of thiocarbonyl (C=S) groups is 1. The van der Waals surface area contributed by atoms with Crippen LogP contribution in [0, 0.1) is 0 Å². The van der Waals surface area contributed by atoms with Crippen molar-refractivity contribution in [3.63, 3.8) is 0 Å². The van der Waals surface area contributed by atoms with Crippen LogP contribution in [0.3, 0.4) is 0 Å². The second-order valence-corrected chi connectivity index (χ2v) is 6.96. The van der Waals surface area contributed by atoms with Crippen LogP contribution in [0.4, 0.5) is 5.69 Å². The van der Waals surface area contributed by atoms with Crippen LogP contribution in [0.15, 0.2) is 51.4 Å². The van der Waals surface area contributed by atoms with E-state index in [2.05, 4.69) is 42.5 Å². The maximum Gasteiger partial charge on any atom is 0.250 e. The Balaban J connectivity index is 1.93. The van der Waals surface area contributed by atoms with Crippen LogP contribution in [0.2, 0.25) is 0 Å². The number of nitrogens with one attached hydrogen (secondary N) is 2. The molecule has 8 heteroatoms. The number of amides is 1. The largest absolute Gasteiger partial charge is 0.506 e. The average molecular weight is 486 g/mol. The molecule has 0 aliphatic carbocycles. The van der Waals surface area contributed by atoms with E-state index in [1.807, 2.05) is 24.3 Å². The highest BCUT2D eigenvalue weighted by atomic mass is 79.9. The second-order valence-electron chi connectivity index (χ2n) is 4.84. The normalized spacial score (nSPS) is 10.5. The van der Waals surface area contributed by atoms with Crippen LogP contribution in [0.5, 0.6) is 11.5 Å². The van der Waals surface area contributed by atoms with Crippen molar-refractivity contribution < 1.29 is 14.6 Å². The smallest absolute Gasteiger partial charge is 0.250 e. The minimum absolute atomic E-state index is 0.0860. The van der Waals surface area contributed by atoms with Gasteiger partial charge in [-0.3, -0.25) is 10.1 Å². The number of hydrogen-bond donors (Lipinski definition) is 3. The lowest BCUT2D eigenvalue weighted by Gasteiger charge is -2.10. The van der Waals surface area contributed by atoms with E-state index in [1.54, 1.807) is 25.3 Å². The third-order valence-corrected chi connectivity index (χ3v) is 4.47. The van der Waals surface area contributed by atoms with Crippen molar-refractivity contribution in [2.24, 2.45) is 0 Å². The highest BCUT2D eigenvalue weighted by Gasteiger charge is 2.08. The molecule has 2 aromatic rings. The molecule has 0 radical (unpaired) electrons. The van der Waals surface area contributed by atoms with Gasteiger partial charge in [-0.15, -0.1) is 0 Å². The Labute approximate surface area is 167 Å². The summed E-state index contributed by atoms with van der Waals surface area (Å²) in [6, 6.07) is 10.6. The first-order valence-electron chi connectivity index (χ1n) is 7.01. The zero-order valence-electron chi connectivity index (χ0n) is 13.0. The van der Waals surface area contributed by atoms with Crippen molar-refractivity contribution in [1.29, 1.82) is 0 Å². The summed E-state index contributed by atoms with van der Waals surface area (Å²) >= 11 is 11.6. The van der Waals surface area contributed by atoms with Gasteiger partial charge < -0.3 is 15.2 Å². The van der Waals surface area contributed by atoms with Crippen molar-refractivity contribution in [1.82, 2.24) is 5.32 Å². The molecule has 0 saturated carbocycles. The van der Waals surface area contributed by atoms with E-state index in [4.69, 9.17) is 17.0 Å². The lowest BCUT2D eigenvalue weighted by atomic mass is 10.2. The molecule has 5 nitrogen and oxygen atoms in total. The molecular formula is C17H14Br2N2O3S. The average Bonchev–Trinajstić information content (AvgIpc) is 2.58. The first-order valence-corrected chi connectivity index (χ1v) is 9.00. The van der Waals surface area contributed by atoms with E-state index >= 15 is 0 Å². The zero-order chi connectivity index (χ0) is 18.4. The molecule has 0 unspecified atom stereocenters. The van der Waals surface area contributed by atoms with E-state index in [9.17, 15) is 9.90 Å². The number of rotatable bonds is 4. The Hall–Kier alpha value is -1.90. The lowest BCUT2D eigenvalue weighted by molar-refractivity contribution is -0.115. The Morgan fingerprint density at radius 1 is 1.20 bits per heavy atom. The Morgan fingerprint density at radius 2 is 1.80 bits per heavy atom. The number of phenols is 1. The van der Waals surface area contributed by atoms with E-state index in [-0.39, 0.29) is 16.8 Å². The molecule has 2 aromatic carbocycles. The van der Waals surface area contributed by atoms with Crippen molar-refractivity contribution in [3.05, 3.63) is 57.0 Å². The monoisotopic (exact) mass is 484 g/mol. The quantitative estimate of drug-likeness (QED) is 0.339. The van der Waals surface area contributed by atoms with Gasteiger partial charge in [-0.05, 0) is 80.0 Å².